The van der Waals surface area contributed by atoms with E-state index in [0.29, 0.717) is 0 Å². The Bertz CT molecular complexity index is 299. The van der Waals surface area contributed by atoms with E-state index in [9.17, 15) is 0 Å². The lowest BCUT2D eigenvalue weighted by Gasteiger charge is -2.24. The molecule has 0 atom stereocenters. The van der Waals surface area contributed by atoms with Crippen molar-refractivity contribution in [2.45, 2.75) is 45.6 Å². The van der Waals surface area contributed by atoms with Gasteiger partial charge in [-0.15, -0.1) is 0 Å². The number of aryl methyl sites for hydroxylation is 2. The molecular formula is C10H20N4. The van der Waals surface area contributed by atoms with Crippen molar-refractivity contribution >= 4 is 0 Å². The van der Waals surface area contributed by atoms with E-state index in [2.05, 4.69) is 30.9 Å². The fourth-order valence-corrected chi connectivity index (χ4v) is 1.59. The summed E-state index contributed by atoms with van der Waals surface area (Å²) in [5, 5.41) is 4.32. The van der Waals surface area contributed by atoms with Crippen LogP contribution in [-0.2, 0) is 19.0 Å². The summed E-state index contributed by atoms with van der Waals surface area (Å²) >= 11 is 0. The Morgan fingerprint density at radius 1 is 1.29 bits per heavy atom. The molecule has 0 bridgehead atoms. The molecule has 0 amide bonds. The van der Waals surface area contributed by atoms with Gasteiger partial charge in [0.1, 0.15) is 5.82 Å². The Balaban J connectivity index is 3.10. The van der Waals surface area contributed by atoms with Crippen LogP contribution in [0.4, 0.5) is 0 Å². The molecule has 1 aromatic heterocycles. The number of rotatable bonds is 4. The van der Waals surface area contributed by atoms with Crippen LogP contribution in [0, 0.1) is 0 Å². The fraction of sp³-hybridized carbons (Fsp3) is 0.800. The van der Waals surface area contributed by atoms with Gasteiger partial charge in [0.2, 0.25) is 0 Å². The first-order valence-corrected chi connectivity index (χ1v) is 5.26. The summed E-state index contributed by atoms with van der Waals surface area (Å²) in [6.45, 7) is 6.22. The maximum Gasteiger partial charge on any atom is 0.150 e. The molecule has 1 aromatic rings. The third-order valence-corrected chi connectivity index (χ3v) is 2.83. The number of nitrogens with zero attached hydrogens (tertiary/aromatic N) is 3. The quantitative estimate of drug-likeness (QED) is 0.791. The molecule has 0 unspecified atom stereocenters. The molecule has 0 saturated heterocycles. The van der Waals surface area contributed by atoms with E-state index in [1.54, 1.807) is 0 Å². The average Bonchev–Trinajstić information content (AvgIpc) is 2.59. The Morgan fingerprint density at radius 3 is 2.21 bits per heavy atom. The summed E-state index contributed by atoms with van der Waals surface area (Å²) in [6, 6.07) is 0. The van der Waals surface area contributed by atoms with Crippen molar-refractivity contribution in [2.75, 3.05) is 0 Å². The molecule has 0 aliphatic heterocycles. The number of hydrogen-bond acceptors (Lipinski definition) is 3. The molecule has 4 nitrogen and oxygen atoms in total. The summed E-state index contributed by atoms with van der Waals surface area (Å²) in [5.41, 5.74) is 5.94. The Morgan fingerprint density at radius 2 is 1.86 bits per heavy atom. The van der Waals surface area contributed by atoms with Crippen LogP contribution >= 0.6 is 0 Å². The summed E-state index contributed by atoms with van der Waals surface area (Å²) in [5.74, 6) is 1.78. The van der Waals surface area contributed by atoms with Crippen LogP contribution in [0.1, 0.15) is 45.3 Å². The lowest BCUT2D eigenvalue weighted by Crippen LogP contribution is -2.38. The molecule has 80 valence electrons. The van der Waals surface area contributed by atoms with Gasteiger partial charge in [0.15, 0.2) is 5.82 Å². The van der Waals surface area contributed by atoms with Crippen molar-refractivity contribution in [3.63, 3.8) is 0 Å². The van der Waals surface area contributed by atoms with Gasteiger partial charge in [-0.1, -0.05) is 20.8 Å². The molecule has 0 radical (unpaired) electrons. The fourth-order valence-electron chi connectivity index (χ4n) is 1.59. The highest BCUT2D eigenvalue weighted by molar-refractivity contribution is 5.06. The number of nitrogens with two attached hydrogens (primary N) is 1. The molecule has 0 aliphatic rings. The van der Waals surface area contributed by atoms with Crippen LogP contribution in [0.15, 0.2) is 0 Å². The molecular weight excluding hydrogens is 176 g/mol. The van der Waals surface area contributed by atoms with E-state index < -0.39 is 0 Å². The van der Waals surface area contributed by atoms with Gasteiger partial charge < -0.3 is 5.73 Å². The lowest BCUT2D eigenvalue weighted by molar-refractivity contribution is 0.370. The largest absolute Gasteiger partial charge is 0.319 e. The molecule has 0 spiro atoms. The van der Waals surface area contributed by atoms with Crippen LogP contribution in [-0.4, -0.2) is 14.8 Å². The van der Waals surface area contributed by atoms with E-state index >= 15 is 0 Å². The highest BCUT2D eigenvalue weighted by atomic mass is 15.3. The van der Waals surface area contributed by atoms with Crippen molar-refractivity contribution in [2.24, 2.45) is 12.8 Å². The van der Waals surface area contributed by atoms with Gasteiger partial charge in [0.05, 0.1) is 5.54 Å². The third kappa shape index (κ3) is 1.80. The summed E-state index contributed by atoms with van der Waals surface area (Å²) < 4.78 is 1.81. The molecule has 14 heavy (non-hydrogen) atoms. The maximum absolute atomic E-state index is 6.26. The highest BCUT2D eigenvalue weighted by Crippen LogP contribution is 2.23. The maximum atomic E-state index is 6.26. The van der Waals surface area contributed by atoms with Crippen LogP contribution in [0.25, 0.3) is 0 Å². The zero-order valence-electron chi connectivity index (χ0n) is 9.54. The minimum absolute atomic E-state index is 0.324. The molecule has 0 saturated carbocycles. The minimum Gasteiger partial charge on any atom is -0.319 e. The molecule has 1 rings (SSSR count). The predicted molar refractivity (Wildman–Crippen MR) is 56.8 cm³/mol. The average molecular weight is 196 g/mol. The van der Waals surface area contributed by atoms with Gasteiger partial charge in [-0.05, 0) is 12.8 Å². The number of aromatic nitrogens is 3. The van der Waals surface area contributed by atoms with Crippen LogP contribution in [0.3, 0.4) is 0 Å². The van der Waals surface area contributed by atoms with Crippen LogP contribution in [0.5, 0.6) is 0 Å². The second-order valence-corrected chi connectivity index (χ2v) is 3.69. The van der Waals surface area contributed by atoms with Gasteiger partial charge in [0, 0.05) is 13.5 Å². The third-order valence-electron chi connectivity index (χ3n) is 2.83. The van der Waals surface area contributed by atoms with Crippen molar-refractivity contribution < 1.29 is 0 Å². The van der Waals surface area contributed by atoms with Crippen LogP contribution in [0.2, 0.25) is 0 Å². The Hall–Kier alpha value is -0.900. The minimum atomic E-state index is -0.324. The Labute approximate surface area is 85.5 Å². The molecule has 0 aromatic carbocycles. The summed E-state index contributed by atoms with van der Waals surface area (Å²) in [7, 11) is 1.91. The van der Waals surface area contributed by atoms with E-state index in [1.807, 2.05) is 11.7 Å². The van der Waals surface area contributed by atoms with Gasteiger partial charge in [-0.2, -0.15) is 5.10 Å². The molecule has 4 heteroatoms. The van der Waals surface area contributed by atoms with Gasteiger partial charge in [-0.3, -0.25) is 4.68 Å². The standard InChI is InChI=1S/C10H20N4/c1-5-8-12-9(14(4)13-8)10(11,6-2)7-3/h5-7,11H2,1-4H3. The SMILES string of the molecule is CCc1nc(C(N)(CC)CC)n(C)n1. The van der Waals surface area contributed by atoms with Crippen molar-refractivity contribution in [1.29, 1.82) is 0 Å². The van der Waals surface area contributed by atoms with Gasteiger partial charge in [-0.25, -0.2) is 4.98 Å². The first-order chi connectivity index (χ1) is 6.57. The van der Waals surface area contributed by atoms with Gasteiger partial charge >= 0.3 is 0 Å². The van der Waals surface area contributed by atoms with E-state index in [-0.39, 0.29) is 5.54 Å². The molecule has 1 heterocycles. The molecule has 2 N–H and O–H groups in total. The lowest BCUT2D eigenvalue weighted by atomic mass is 9.93. The topological polar surface area (TPSA) is 56.7 Å². The Kier molecular flexibility index (Phi) is 3.26. The predicted octanol–water partition coefficient (Wildman–Crippen LogP) is 1.35. The van der Waals surface area contributed by atoms with Crippen LogP contribution < -0.4 is 5.73 Å². The number of hydrogen-bond donors (Lipinski definition) is 1. The normalized spacial score (nSPS) is 12.1. The van der Waals surface area contributed by atoms with Crippen molar-refractivity contribution in [3.05, 3.63) is 11.6 Å². The molecule has 0 fully saturated rings. The van der Waals surface area contributed by atoms with E-state index in [0.717, 1.165) is 30.9 Å². The zero-order valence-corrected chi connectivity index (χ0v) is 9.54. The second kappa shape index (κ2) is 4.09. The first-order valence-electron chi connectivity index (χ1n) is 5.26. The van der Waals surface area contributed by atoms with E-state index in [1.165, 1.54) is 0 Å². The summed E-state index contributed by atoms with van der Waals surface area (Å²) in [6.07, 6.45) is 2.63. The second-order valence-electron chi connectivity index (χ2n) is 3.69. The van der Waals surface area contributed by atoms with Crippen molar-refractivity contribution in [1.82, 2.24) is 14.8 Å². The smallest absolute Gasteiger partial charge is 0.150 e. The zero-order chi connectivity index (χ0) is 10.8. The first kappa shape index (κ1) is 11.2. The highest BCUT2D eigenvalue weighted by Gasteiger charge is 2.28. The van der Waals surface area contributed by atoms with E-state index in [4.69, 9.17) is 5.73 Å². The molecule has 0 aliphatic carbocycles. The van der Waals surface area contributed by atoms with Gasteiger partial charge in [0.25, 0.3) is 0 Å². The monoisotopic (exact) mass is 196 g/mol. The summed E-state index contributed by atoms with van der Waals surface area (Å²) in [4.78, 5) is 4.47. The van der Waals surface area contributed by atoms with Crippen molar-refractivity contribution in [3.8, 4) is 0 Å².